The minimum absolute atomic E-state index is 0.104. The maximum absolute atomic E-state index is 12.6. The summed E-state index contributed by atoms with van der Waals surface area (Å²) in [6.07, 6.45) is 6.56. The molecule has 0 aromatic rings. The fourth-order valence-corrected chi connectivity index (χ4v) is 3.57. The Morgan fingerprint density at radius 2 is 2.00 bits per heavy atom. The number of amides is 4. The van der Waals surface area contributed by atoms with E-state index < -0.39 is 11.6 Å². The van der Waals surface area contributed by atoms with Crippen LogP contribution in [0.15, 0.2) is 0 Å². The van der Waals surface area contributed by atoms with E-state index in [2.05, 4.69) is 5.32 Å². The molecule has 1 spiro atoms. The van der Waals surface area contributed by atoms with Gasteiger partial charge in [0, 0.05) is 13.1 Å². The lowest BCUT2D eigenvalue weighted by Crippen LogP contribution is -2.46. The Morgan fingerprint density at radius 3 is 2.59 bits per heavy atom. The molecule has 0 bridgehead atoms. The van der Waals surface area contributed by atoms with E-state index in [-0.39, 0.29) is 18.4 Å². The van der Waals surface area contributed by atoms with Crippen molar-refractivity contribution in [2.45, 2.75) is 57.4 Å². The summed E-state index contributed by atoms with van der Waals surface area (Å²) < 4.78 is 0. The number of carbonyl (C=O) groups excluding carboxylic acids is 3. The second-order valence-corrected chi connectivity index (χ2v) is 6.89. The maximum atomic E-state index is 12.6. The number of urea groups is 1. The van der Waals surface area contributed by atoms with Crippen molar-refractivity contribution in [3.05, 3.63) is 0 Å². The summed E-state index contributed by atoms with van der Waals surface area (Å²) in [7, 11) is 0. The first-order valence-electron chi connectivity index (χ1n) is 8.47. The first-order chi connectivity index (χ1) is 10.6. The van der Waals surface area contributed by atoms with Crippen LogP contribution >= 0.6 is 0 Å². The van der Waals surface area contributed by atoms with Crippen molar-refractivity contribution in [3.63, 3.8) is 0 Å². The van der Waals surface area contributed by atoms with Crippen molar-refractivity contribution >= 4 is 17.8 Å². The molecule has 1 aliphatic heterocycles. The molecule has 0 aromatic heterocycles. The predicted molar refractivity (Wildman–Crippen MR) is 81.0 cm³/mol. The molecule has 3 fully saturated rings. The molecule has 2 saturated carbocycles. The quantitative estimate of drug-likeness (QED) is 0.756. The molecule has 1 N–H and O–H groups in total. The molecule has 4 amide bonds. The van der Waals surface area contributed by atoms with Gasteiger partial charge in [-0.2, -0.15) is 0 Å². The molecule has 0 atom stereocenters. The Morgan fingerprint density at radius 1 is 1.32 bits per heavy atom. The molecule has 3 rings (SSSR count). The van der Waals surface area contributed by atoms with Gasteiger partial charge in [-0.05, 0) is 38.0 Å². The molecule has 6 nitrogen and oxygen atoms in total. The minimum atomic E-state index is -0.719. The number of hydrogen-bond donors (Lipinski definition) is 1. The third-order valence-corrected chi connectivity index (χ3v) is 5.02. The molecule has 3 aliphatic rings. The van der Waals surface area contributed by atoms with Gasteiger partial charge in [-0.1, -0.05) is 19.8 Å². The molecule has 1 saturated heterocycles. The third-order valence-electron chi connectivity index (χ3n) is 5.02. The molecule has 0 radical (unpaired) electrons. The van der Waals surface area contributed by atoms with Gasteiger partial charge in [0.15, 0.2) is 0 Å². The highest BCUT2D eigenvalue weighted by Crippen LogP contribution is 2.35. The fraction of sp³-hybridized carbons (Fsp3) is 0.812. The first-order valence-corrected chi connectivity index (χ1v) is 8.47. The molecule has 2 aliphatic carbocycles. The highest BCUT2D eigenvalue weighted by Gasteiger charge is 2.52. The summed E-state index contributed by atoms with van der Waals surface area (Å²) in [6.45, 7) is 3.39. The second kappa shape index (κ2) is 5.89. The second-order valence-electron chi connectivity index (χ2n) is 6.89. The Labute approximate surface area is 131 Å². The summed E-state index contributed by atoms with van der Waals surface area (Å²) >= 11 is 0. The van der Waals surface area contributed by atoms with E-state index in [9.17, 15) is 14.4 Å². The zero-order chi connectivity index (χ0) is 15.7. The number of nitrogens with one attached hydrogen (secondary N) is 1. The lowest BCUT2D eigenvalue weighted by Gasteiger charge is -2.25. The molecule has 1 heterocycles. The van der Waals surface area contributed by atoms with E-state index in [1.807, 2.05) is 11.8 Å². The molecule has 0 aromatic carbocycles. The Hall–Kier alpha value is -1.59. The lowest BCUT2D eigenvalue weighted by molar-refractivity contribution is -0.139. The highest BCUT2D eigenvalue weighted by molar-refractivity contribution is 6.09. The SMILES string of the molecule is CCCN(CC1CC1)C(=O)CN1C(=O)NC2(CCCC2)C1=O. The highest BCUT2D eigenvalue weighted by atomic mass is 16.2. The van der Waals surface area contributed by atoms with E-state index in [1.54, 1.807) is 0 Å². The summed E-state index contributed by atoms with van der Waals surface area (Å²) in [4.78, 5) is 40.1. The first kappa shape index (κ1) is 15.3. The molecule has 22 heavy (non-hydrogen) atoms. The molecule has 6 heteroatoms. The number of carbonyl (C=O) groups is 3. The van der Waals surface area contributed by atoms with Crippen LogP contribution in [0.1, 0.15) is 51.9 Å². The van der Waals surface area contributed by atoms with Gasteiger partial charge in [-0.25, -0.2) is 4.79 Å². The zero-order valence-electron chi connectivity index (χ0n) is 13.3. The van der Waals surface area contributed by atoms with Crippen molar-refractivity contribution in [1.29, 1.82) is 0 Å². The van der Waals surface area contributed by atoms with Crippen molar-refractivity contribution < 1.29 is 14.4 Å². The average Bonchev–Trinajstić information content (AvgIpc) is 3.13. The third kappa shape index (κ3) is 2.83. The van der Waals surface area contributed by atoms with Crippen LogP contribution in [0.3, 0.4) is 0 Å². The zero-order valence-corrected chi connectivity index (χ0v) is 13.3. The molecular weight excluding hydrogens is 282 g/mol. The van der Waals surface area contributed by atoms with E-state index in [4.69, 9.17) is 0 Å². The van der Waals surface area contributed by atoms with Crippen molar-refractivity contribution in [2.24, 2.45) is 5.92 Å². The summed E-state index contributed by atoms with van der Waals surface area (Å²) in [5.74, 6) is 0.304. The van der Waals surface area contributed by atoms with Gasteiger partial charge in [0.05, 0.1) is 0 Å². The standard InChI is InChI=1S/C16H25N3O3/c1-2-9-18(10-12-5-6-12)13(20)11-19-14(21)16(17-15(19)22)7-3-4-8-16/h12H,2-11H2,1H3,(H,17,22). The Bertz CT molecular complexity index is 481. The molecular formula is C16H25N3O3. The number of hydrogen-bond acceptors (Lipinski definition) is 3. The van der Waals surface area contributed by atoms with E-state index >= 15 is 0 Å². The van der Waals surface area contributed by atoms with E-state index in [0.717, 1.165) is 30.7 Å². The summed E-state index contributed by atoms with van der Waals surface area (Å²) in [5.41, 5.74) is -0.719. The number of imide groups is 1. The van der Waals surface area contributed by atoms with Crippen LogP contribution in [-0.4, -0.2) is 52.8 Å². The molecule has 0 unspecified atom stereocenters. The van der Waals surface area contributed by atoms with Crippen LogP contribution < -0.4 is 5.32 Å². The van der Waals surface area contributed by atoms with Gasteiger partial charge in [0.2, 0.25) is 5.91 Å². The van der Waals surface area contributed by atoms with Crippen molar-refractivity contribution in [3.8, 4) is 0 Å². The van der Waals surface area contributed by atoms with Crippen LogP contribution in [-0.2, 0) is 9.59 Å². The number of nitrogens with zero attached hydrogens (tertiary/aromatic N) is 2. The van der Waals surface area contributed by atoms with Gasteiger partial charge < -0.3 is 10.2 Å². The average molecular weight is 307 g/mol. The van der Waals surface area contributed by atoms with Gasteiger partial charge >= 0.3 is 6.03 Å². The molecule has 122 valence electrons. The fourth-order valence-electron chi connectivity index (χ4n) is 3.57. The predicted octanol–water partition coefficient (Wildman–Crippen LogP) is 1.50. The summed E-state index contributed by atoms with van der Waals surface area (Å²) in [5, 5.41) is 2.83. The number of rotatable bonds is 6. The van der Waals surface area contributed by atoms with Crippen LogP contribution in [0, 0.1) is 5.92 Å². The summed E-state index contributed by atoms with van der Waals surface area (Å²) in [6, 6.07) is -0.400. The van der Waals surface area contributed by atoms with Crippen LogP contribution in [0.4, 0.5) is 4.79 Å². The smallest absolute Gasteiger partial charge is 0.325 e. The largest absolute Gasteiger partial charge is 0.341 e. The lowest BCUT2D eigenvalue weighted by atomic mass is 9.98. The Kier molecular flexibility index (Phi) is 4.10. The van der Waals surface area contributed by atoms with Crippen LogP contribution in [0.2, 0.25) is 0 Å². The van der Waals surface area contributed by atoms with Crippen molar-refractivity contribution in [2.75, 3.05) is 19.6 Å². The van der Waals surface area contributed by atoms with E-state index in [1.165, 1.54) is 12.8 Å². The minimum Gasteiger partial charge on any atom is -0.341 e. The Balaban J connectivity index is 1.64. The van der Waals surface area contributed by atoms with Crippen molar-refractivity contribution in [1.82, 2.24) is 15.1 Å². The van der Waals surface area contributed by atoms with E-state index in [0.29, 0.717) is 25.3 Å². The van der Waals surface area contributed by atoms with Crippen LogP contribution in [0.5, 0.6) is 0 Å². The normalized spacial score (nSPS) is 23.2. The topological polar surface area (TPSA) is 69.7 Å². The maximum Gasteiger partial charge on any atom is 0.325 e. The van der Waals surface area contributed by atoms with Crippen LogP contribution in [0.25, 0.3) is 0 Å². The van der Waals surface area contributed by atoms with Gasteiger partial charge in [-0.3, -0.25) is 14.5 Å². The monoisotopic (exact) mass is 307 g/mol. The van der Waals surface area contributed by atoms with Gasteiger partial charge in [0.1, 0.15) is 12.1 Å². The van der Waals surface area contributed by atoms with Gasteiger partial charge in [0.25, 0.3) is 5.91 Å². The van der Waals surface area contributed by atoms with Gasteiger partial charge in [-0.15, -0.1) is 0 Å².